The van der Waals surface area contributed by atoms with E-state index >= 15 is 0 Å². The van der Waals surface area contributed by atoms with E-state index in [1.165, 1.54) is 0 Å². The quantitative estimate of drug-likeness (QED) is 0.477. The number of urea groups is 1. The second-order valence-electron chi connectivity index (χ2n) is 8.01. The summed E-state index contributed by atoms with van der Waals surface area (Å²) in [5, 5.41) is 3.82. The number of nitrogens with one attached hydrogen (secondary N) is 1. The molecule has 0 aliphatic carbocycles. The summed E-state index contributed by atoms with van der Waals surface area (Å²) in [4.78, 5) is 15.0. The molecule has 0 saturated carbocycles. The maximum absolute atomic E-state index is 13.1. The van der Waals surface area contributed by atoms with E-state index in [0.29, 0.717) is 19.0 Å². The van der Waals surface area contributed by atoms with Crippen LogP contribution in [0.25, 0.3) is 0 Å². The Morgan fingerprint density at radius 2 is 1.73 bits per heavy atom. The van der Waals surface area contributed by atoms with Gasteiger partial charge in [-0.3, -0.25) is 0 Å². The Kier molecular flexibility index (Phi) is 7.58. The smallest absolute Gasteiger partial charge is 0.318 e. The van der Waals surface area contributed by atoms with E-state index in [4.69, 9.17) is 11.6 Å². The summed E-state index contributed by atoms with van der Waals surface area (Å²) in [6.07, 6.45) is 2.05. The fourth-order valence-corrected chi connectivity index (χ4v) is 3.60. The van der Waals surface area contributed by atoms with Gasteiger partial charge in [0.15, 0.2) is 0 Å². The van der Waals surface area contributed by atoms with Gasteiger partial charge in [0.2, 0.25) is 0 Å². The second-order valence-corrected chi connectivity index (χ2v) is 8.45. The van der Waals surface area contributed by atoms with Gasteiger partial charge < -0.3 is 14.8 Å². The second kappa shape index (κ2) is 10.4. The van der Waals surface area contributed by atoms with Crippen LogP contribution in [0.15, 0.2) is 72.9 Å². The highest BCUT2D eigenvalue weighted by Crippen LogP contribution is 2.18. The predicted molar refractivity (Wildman–Crippen MR) is 124 cm³/mol. The van der Waals surface area contributed by atoms with Gasteiger partial charge in [0.05, 0.1) is 6.54 Å². The number of rotatable bonds is 8. The minimum atomic E-state index is -0.0458. The van der Waals surface area contributed by atoms with Crippen LogP contribution in [0.1, 0.15) is 37.6 Å². The minimum absolute atomic E-state index is 0.0458. The molecule has 0 fully saturated rings. The summed E-state index contributed by atoms with van der Waals surface area (Å²) in [5.74, 6) is 0.351. The first-order chi connectivity index (χ1) is 14.4. The van der Waals surface area contributed by atoms with Crippen LogP contribution >= 0.6 is 11.6 Å². The number of hydrogen-bond acceptors (Lipinski definition) is 1. The Hall–Kier alpha value is -2.72. The van der Waals surface area contributed by atoms with E-state index in [2.05, 4.69) is 49.0 Å². The number of carbonyl (C=O) groups is 1. The van der Waals surface area contributed by atoms with Crippen LogP contribution in [0, 0.1) is 5.92 Å². The van der Waals surface area contributed by atoms with Crippen molar-refractivity contribution in [3.8, 4) is 0 Å². The Balaban J connectivity index is 1.74. The highest BCUT2D eigenvalue weighted by atomic mass is 35.5. The van der Waals surface area contributed by atoms with Crippen molar-refractivity contribution in [1.82, 2.24) is 14.8 Å². The Bertz CT molecular complexity index is 952. The third-order valence-electron chi connectivity index (χ3n) is 5.50. The average Bonchev–Trinajstić information content (AvgIpc) is 3.17. The van der Waals surface area contributed by atoms with Crippen LogP contribution in [-0.4, -0.2) is 21.5 Å². The highest BCUT2D eigenvalue weighted by Gasteiger charge is 2.23. The molecule has 0 aliphatic heterocycles. The number of hydrogen-bond donors (Lipinski definition) is 1. The van der Waals surface area contributed by atoms with Gasteiger partial charge >= 0.3 is 6.03 Å². The summed E-state index contributed by atoms with van der Waals surface area (Å²) in [6, 6.07) is 22.0. The zero-order valence-corrected chi connectivity index (χ0v) is 18.6. The van der Waals surface area contributed by atoms with Crippen LogP contribution in [-0.2, 0) is 19.6 Å². The zero-order valence-electron chi connectivity index (χ0n) is 17.9. The molecule has 1 unspecified atom stereocenters. The molecule has 5 heteroatoms. The minimum Gasteiger partial charge on any atom is -0.345 e. The number of amides is 2. The van der Waals surface area contributed by atoms with Crippen LogP contribution in [0.3, 0.4) is 0 Å². The Morgan fingerprint density at radius 3 is 2.43 bits per heavy atom. The first-order valence-corrected chi connectivity index (χ1v) is 10.8. The van der Waals surface area contributed by atoms with E-state index < -0.39 is 0 Å². The number of aromatic nitrogens is 1. The zero-order chi connectivity index (χ0) is 21.5. The van der Waals surface area contributed by atoms with Crippen molar-refractivity contribution in [3.63, 3.8) is 0 Å². The molecule has 30 heavy (non-hydrogen) atoms. The topological polar surface area (TPSA) is 37.3 Å². The maximum atomic E-state index is 13.1. The number of carbonyl (C=O) groups excluding carboxylic acids is 1. The monoisotopic (exact) mass is 423 g/mol. The third-order valence-corrected chi connectivity index (χ3v) is 5.74. The summed E-state index contributed by atoms with van der Waals surface area (Å²) in [6.45, 7) is 8.19. The molecule has 4 nitrogen and oxygen atoms in total. The molecule has 0 radical (unpaired) electrons. The van der Waals surface area contributed by atoms with Crippen molar-refractivity contribution in [1.29, 1.82) is 0 Å². The molecular weight excluding hydrogens is 394 g/mol. The lowest BCUT2D eigenvalue weighted by atomic mass is 10.0. The predicted octanol–water partition coefficient (Wildman–Crippen LogP) is 5.95. The van der Waals surface area contributed by atoms with E-state index in [-0.39, 0.29) is 12.1 Å². The molecule has 0 spiro atoms. The van der Waals surface area contributed by atoms with Crippen LogP contribution < -0.4 is 5.32 Å². The van der Waals surface area contributed by atoms with Crippen LogP contribution in [0.2, 0.25) is 5.02 Å². The largest absolute Gasteiger partial charge is 0.345 e. The van der Waals surface area contributed by atoms with Gasteiger partial charge in [-0.1, -0.05) is 67.9 Å². The number of halogens is 1. The standard InChI is InChI=1S/C25H30ClN3O/c1-19(2)20(3)29(25(30)27-16-21-9-5-4-6-10-21)18-24-13-8-14-28(24)17-22-11-7-12-23(26)15-22/h4-15,19-20H,16-18H2,1-3H3,(H,27,30). The lowest BCUT2D eigenvalue weighted by Crippen LogP contribution is -2.46. The maximum Gasteiger partial charge on any atom is 0.318 e. The van der Waals surface area contributed by atoms with E-state index in [0.717, 1.165) is 28.4 Å². The molecule has 158 valence electrons. The average molecular weight is 424 g/mol. The summed E-state index contributed by atoms with van der Waals surface area (Å²) in [7, 11) is 0. The SMILES string of the molecule is CC(C)C(C)N(Cc1cccn1Cc1cccc(Cl)c1)C(=O)NCc1ccccc1. The highest BCUT2D eigenvalue weighted by molar-refractivity contribution is 6.30. The molecule has 0 aliphatic rings. The lowest BCUT2D eigenvalue weighted by molar-refractivity contribution is 0.155. The molecule has 2 aromatic carbocycles. The number of nitrogens with zero attached hydrogens (tertiary/aromatic N) is 2. The van der Waals surface area contributed by atoms with Crippen molar-refractivity contribution < 1.29 is 4.79 Å². The molecular formula is C25H30ClN3O. The normalized spacial score (nSPS) is 12.0. The summed E-state index contributed by atoms with van der Waals surface area (Å²) >= 11 is 6.14. The van der Waals surface area contributed by atoms with Crippen molar-refractivity contribution >= 4 is 17.6 Å². The first kappa shape index (κ1) is 22.0. The summed E-state index contributed by atoms with van der Waals surface area (Å²) < 4.78 is 2.18. The lowest BCUT2D eigenvalue weighted by Gasteiger charge is -2.32. The van der Waals surface area contributed by atoms with Crippen LogP contribution in [0.5, 0.6) is 0 Å². The van der Waals surface area contributed by atoms with Crippen molar-refractivity contribution in [2.45, 2.75) is 46.4 Å². The molecule has 1 N–H and O–H groups in total. The summed E-state index contributed by atoms with van der Waals surface area (Å²) in [5.41, 5.74) is 3.32. The van der Waals surface area contributed by atoms with Gasteiger partial charge in [-0.05, 0) is 48.2 Å². The van der Waals surface area contributed by atoms with E-state index in [1.54, 1.807) is 0 Å². The van der Waals surface area contributed by atoms with Crippen LogP contribution in [0.4, 0.5) is 4.79 Å². The molecule has 1 heterocycles. The molecule has 3 rings (SSSR count). The van der Waals surface area contributed by atoms with Crippen molar-refractivity contribution in [3.05, 3.63) is 94.8 Å². The van der Waals surface area contributed by atoms with E-state index in [9.17, 15) is 4.79 Å². The van der Waals surface area contributed by atoms with Crippen molar-refractivity contribution in [2.24, 2.45) is 5.92 Å². The fraction of sp³-hybridized carbons (Fsp3) is 0.320. The molecule has 0 saturated heterocycles. The molecule has 1 atom stereocenters. The van der Waals surface area contributed by atoms with Gasteiger partial charge in [-0.2, -0.15) is 0 Å². The third kappa shape index (κ3) is 5.90. The molecule has 3 aromatic rings. The number of benzene rings is 2. The van der Waals surface area contributed by atoms with Crippen molar-refractivity contribution in [2.75, 3.05) is 0 Å². The fourth-order valence-electron chi connectivity index (χ4n) is 3.39. The first-order valence-electron chi connectivity index (χ1n) is 10.4. The van der Waals surface area contributed by atoms with Gasteiger partial charge in [0.25, 0.3) is 0 Å². The van der Waals surface area contributed by atoms with E-state index in [1.807, 2.05) is 59.5 Å². The Labute approximate surface area is 184 Å². The van der Waals surface area contributed by atoms with Gasteiger partial charge in [-0.15, -0.1) is 0 Å². The Morgan fingerprint density at radius 1 is 1.00 bits per heavy atom. The van der Waals surface area contributed by atoms with Gasteiger partial charge in [0.1, 0.15) is 0 Å². The molecule has 0 bridgehead atoms. The van der Waals surface area contributed by atoms with Gasteiger partial charge in [-0.25, -0.2) is 4.79 Å². The molecule has 1 aromatic heterocycles. The molecule has 2 amide bonds. The van der Waals surface area contributed by atoms with Gasteiger partial charge in [0, 0.05) is 36.0 Å².